The topological polar surface area (TPSA) is 114 Å². The maximum absolute atomic E-state index is 13.4. The second-order valence-corrected chi connectivity index (χ2v) is 9.37. The third kappa shape index (κ3) is 3.66. The van der Waals surface area contributed by atoms with E-state index in [1.807, 2.05) is 26.0 Å². The second kappa shape index (κ2) is 7.55. The van der Waals surface area contributed by atoms with Gasteiger partial charge < -0.3 is 20.5 Å². The number of fused-ring (bicyclic) bond motifs is 1. The van der Waals surface area contributed by atoms with Crippen LogP contribution in [0.5, 0.6) is 11.5 Å². The average molecular weight is 437 g/mol. The summed E-state index contributed by atoms with van der Waals surface area (Å²) in [6.45, 7) is 8.14. The Bertz CT molecular complexity index is 1180. The molecule has 0 spiro atoms. The maximum atomic E-state index is 13.4. The number of anilines is 2. The number of carbonyl (C=O) groups excluding carboxylic acids is 1. The van der Waals surface area contributed by atoms with E-state index in [0.29, 0.717) is 24.0 Å². The molecular weight excluding hydrogens is 410 g/mol. The van der Waals surface area contributed by atoms with Gasteiger partial charge in [0.2, 0.25) is 5.75 Å². The van der Waals surface area contributed by atoms with E-state index in [-0.39, 0.29) is 16.9 Å². The van der Waals surface area contributed by atoms with Crippen molar-refractivity contribution in [3.63, 3.8) is 0 Å². The molecule has 1 atom stereocenters. The van der Waals surface area contributed by atoms with Gasteiger partial charge in [-0.25, -0.2) is 0 Å². The Morgan fingerprint density at radius 1 is 1.12 bits per heavy atom. The van der Waals surface area contributed by atoms with Crippen LogP contribution in [-0.4, -0.2) is 22.9 Å². The number of nitro groups is 1. The van der Waals surface area contributed by atoms with E-state index in [0.717, 1.165) is 28.2 Å². The molecule has 2 aromatic rings. The zero-order valence-corrected chi connectivity index (χ0v) is 18.8. The number of ketones is 1. The third-order valence-corrected chi connectivity index (χ3v) is 6.26. The molecule has 8 heteroatoms. The van der Waals surface area contributed by atoms with Crippen LogP contribution in [-0.2, 0) is 4.79 Å². The zero-order valence-electron chi connectivity index (χ0n) is 18.8. The van der Waals surface area contributed by atoms with E-state index in [1.54, 1.807) is 6.07 Å². The van der Waals surface area contributed by atoms with Crippen LogP contribution in [0.15, 0.2) is 35.5 Å². The van der Waals surface area contributed by atoms with Gasteiger partial charge in [0.1, 0.15) is 0 Å². The number of rotatable bonds is 3. The van der Waals surface area contributed by atoms with Gasteiger partial charge in [-0.1, -0.05) is 13.8 Å². The van der Waals surface area contributed by atoms with Crippen molar-refractivity contribution in [2.24, 2.45) is 5.41 Å². The number of nitro benzene ring substituents is 1. The zero-order chi connectivity index (χ0) is 23.4. The molecule has 0 radical (unpaired) electrons. The number of aryl methyl sites for hydroxylation is 2. The van der Waals surface area contributed by atoms with Crippen molar-refractivity contribution in [3.8, 4) is 11.5 Å². The van der Waals surface area contributed by atoms with Crippen LogP contribution in [0.1, 0.15) is 49.4 Å². The minimum Gasteiger partial charge on any atom is -0.500 e. The molecule has 1 aliphatic carbocycles. The molecule has 0 saturated carbocycles. The first kappa shape index (κ1) is 21.7. The number of ether oxygens (including phenoxy) is 1. The van der Waals surface area contributed by atoms with Crippen molar-refractivity contribution in [2.75, 3.05) is 17.7 Å². The summed E-state index contributed by atoms with van der Waals surface area (Å²) in [6, 6.07) is 6.25. The second-order valence-electron chi connectivity index (χ2n) is 9.37. The number of phenols is 1. The number of allylic oxidation sites excluding steroid dienone is 1. The first-order chi connectivity index (χ1) is 15.0. The molecule has 1 aliphatic heterocycles. The fourth-order valence-electron chi connectivity index (χ4n) is 4.54. The summed E-state index contributed by atoms with van der Waals surface area (Å²) in [6.07, 6.45) is 1.04. The number of hydrogen-bond acceptors (Lipinski definition) is 7. The van der Waals surface area contributed by atoms with E-state index < -0.39 is 22.4 Å². The lowest BCUT2D eigenvalue weighted by molar-refractivity contribution is -0.386. The summed E-state index contributed by atoms with van der Waals surface area (Å²) in [5, 5.41) is 28.7. The molecule has 168 valence electrons. The summed E-state index contributed by atoms with van der Waals surface area (Å²) in [4.78, 5) is 24.3. The summed E-state index contributed by atoms with van der Waals surface area (Å²) < 4.78 is 5.20. The van der Waals surface area contributed by atoms with Crippen molar-refractivity contribution >= 4 is 22.8 Å². The quantitative estimate of drug-likeness (QED) is 0.449. The van der Waals surface area contributed by atoms with Gasteiger partial charge >= 0.3 is 5.69 Å². The van der Waals surface area contributed by atoms with Crippen LogP contribution in [0.4, 0.5) is 17.1 Å². The predicted molar refractivity (Wildman–Crippen MR) is 122 cm³/mol. The summed E-state index contributed by atoms with van der Waals surface area (Å²) in [5.41, 5.74) is 5.00. The number of methoxy groups -OCH3 is 1. The molecule has 1 unspecified atom stereocenters. The maximum Gasteiger partial charge on any atom is 0.315 e. The molecular formula is C24H27N3O5. The van der Waals surface area contributed by atoms with Gasteiger partial charge in [0.15, 0.2) is 11.5 Å². The molecule has 0 bridgehead atoms. The number of nitrogens with one attached hydrogen (secondary N) is 2. The summed E-state index contributed by atoms with van der Waals surface area (Å²) in [7, 11) is 1.34. The van der Waals surface area contributed by atoms with Gasteiger partial charge in [-0.05, 0) is 60.6 Å². The number of phenolic OH excluding ortho intramolecular Hbond substituents is 1. The van der Waals surface area contributed by atoms with Gasteiger partial charge in [0.05, 0.1) is 29.4 Å². The van der Waals surface area contributed by atoms with Crippen molar-refractivity contribution in [3.05, 3.63) is 62.3 Å². The van der Waals surface area contributed by atoms with Crippen LogP contribution in [0.25, 0.3) is 0 Å². The van der Waals surface area contributed by atoms with E-state index in [1.165, 1.54) is 13.2 Å². The fourth-order valence-corrected chi connectivity index (χ4v) is 4.54. The molecule has 8 nitrogen and oxygen atoms in total. The summed E-state index contributed by atoms with van der Waals surface area (Å²) in [5.74, 6) is -0.568. The highest BCUT2D eigenvalue weighted by molar-refractivity contribution is 6.01. The number of Topliss-reactive ketones (excluding diaryl/α,β-unsaturated/α-hetero) is 1. The highest BCUT2D eigenvalue weighted by Crippen LogP contribution is 2.48. The van der Waals surface area contributed by atoms with Crippen molar-refractivity contribution in [1.82, 2.24) is 0 Å². The van der Waals surface area contributed by atoms with Crippen LogP contribution < -0.4 is 15.4 Å². The minimum atomic E-state index is -0.654. The first-order valence-corrected chi connectivity index (χ1v) is 10.5. The van der Waals surface area contributed by atoms with Crippen LogP contribution in [0.3, 0.4) is 0 Å². The molecule has 0 aromatic heterocycles. The van der Waals surface area contributed by atoms with Gasteiger partial charge in [-0.2, -0.15) is 0 Å². The molecule has 32 heavy (non-hydrogen) atoms. The Morgan fingerprint density at radius 3 is 2.41 bits per heavy atom. The van der Waals surface area contributed by atoms with E-state index >= 15 is 0 Å². The normalized spacial score (nSPS) is 19.3. The Labute approximate surface area is 186 Å². The Hall–Kier alpha value is -3.55. The molecule has 3 N–H and O–H groups in total. The van der Waals surface area contributed by atoms with Crippen molar-refractivity contribution in [1.29, 1.82) is 0 Å². The van der Waals surface area contributed by atoms with E-state index in [2.05, 4.69) is 24.5 Å². The van der Waals surface area contributed by atoms with Crippen molar-refractivity contribution in [2.45, 2.75) is 46.6 Å². The molecule has 2 aromatic carbocycles. The van der Waals surface area contributed by atoms with Gasteiger partial charge in [0.25, 0.3) is 0 Å². The number of nitrogens with zero attached hydrogens (tertiary/aromatic N) is 1. The number of aromatic hydroxyl groups is 1. The van der Waals surface area contributed by atoms with Crippen LogP contribution in [0.2, 0.25) is 0 Å². The standard InChI is InChI=1S/C24H27N3O5/c1-12-6-15-16(7-13(12)2)26-22(21-17(25-15)10-24(3,4)11-19(21)28)14-8-18(27(30)31)23(29)20(9-14)32-5/h6-9,22,25-26,29H,10-11H2,1-5H3. The minimum absolute atomic E-state index is 0.0146. The Kier molecular flexibility index (Phi) is 5.11. The monoisotopic (exact) mass is 437 g/mol. The average Bonchev–Trinajstić information content (AvgIpc) is 2.84. The highest BCUT2D eigenvalue weighted by Gasteiger charge is 2.39. The largest absolute Gasteiger partial charge is 0.500 e. The summed E-state index contributed by atoms with van der Waals surface area (Å²) >= 11 is 0. The van der Waals surface area contributed by atoms with Gasteiger partial charge in [-0.3, -0.25) is 14.9 Å². The smallest absolute Gasteiger partial charge is 0.315 e. The fraction of sp³-hybridized carbons (Fsp3) is 0.375. The molecule has 2 aliphatic rings. The number of carbonyl (C=O) groups is 1. The van der Waals surface area contributed by atoms with Crippen molar-refractivity contribution < 1.29 is 19.6 Å². The predicted octanol–water partition coefficient (Wildman–Crippen LogP) is 5.15. The molecule has 0 saturated heterocycles. The highest BCUT2D eigenvalue weighted by atomic mass is 16.6. The van der Waals surface area contributed by atoms with Gasteiger partial charge in [0, 0.05) is 23.8 Å². The lowest BCUT2D eigenvalue weighted by atomic mass is 9.73. The Balaban J connectivity index is 1.97. The van der Waals surface area contributed by atoms with E-state index in [4.69, 9.17) is 4.74 Å². The van der Waals surface area contributed by atoms with Crippen LogP contribution in [0, 0.1) is 29.4 Å². The van der Waals surface area contributed by atoms with Gasteiger partial charge in [-0.15, -0.1) is 0 Å². The van der Waals surface area contributed by atoms with E-state index in [9.17, 15) is 20.0 Å². The SMILES string of the molecule is COc1cc(C2Nc3cc(C)c(C)cc3NC3=C2C(=O)CC(C)(C)C3)cc([N+](=O)[O-])c1O. The third-order valence-electron chi connectivity index (χ3n) is 6.26. The Morgan fingerprint density at radius 2 is 1.78 bits per heavy atom. The first-order valence-electron chi connectivity index (χ1n) is 10.5. The molecule has 1 heterocycles. The number of benzene rings is 2. The lowest BCUT2D eigenvalue weighted by Gasteiger charge is -2.34. The number of hydrogen-bond donors (Lipinski definition) is 3. The molecule has 0 amide bonds. The molecule has 4 rings (SSSR count). The lowest BCUT2D eigenvalue weighted by Crippen LogP contribution is -2.31. The van der Waals surface area contributed by atoms with Crippen LogP contribution >= 0.6 is 0 Å². The molecule has 0 fully saturated rings.